The van der Waals surface area contributed by atoms with Gasteiger partial charge in [-0.25, -0.2) is 14.4 Å². The van der Waals surface area contributed by atoms with E-state index in [-0.39, 0.29) is 12.1 Å². The average Bonchev–Trinajstić information content (AvgIpc) is 2.77. The summed E-state index contributed by atoms with van der Waals surface area (Å²) < 4.78 is 5.48. The van der Waals surface area contributed by atoms with Gasteiger partial charge in [0.25, 0.3) is 0 Å². The van der Waals surface area contributed by atoms with Gasteiger partial charge in [0.05, 0.1) is 28.4 Å². The smallest absolute Gasteiger partial charge is 0.338 e. The molecule has 0 spiro atoms. The van der Waals surface area contributed by atoms with Crippen LogP contribution >= 0.6 is 23.2 Å². The number of nitrogens with zero attached hydrogens (tertiary/aromatic N) is 1. The fourth-order valence-corrected chi connectivity index (χ4v) is 4.19. The highest BCUT2D eigenvalue weighted by Gasteiger charge is 2.36. The molecule has 186 valence electrons. The van der Waals surface area contributed by atoms with Crippen molar-refractivity contribution < 1.29 is 19.1 Å². The lowest BCUT2D eigenvalue weighted by molar-refractivity contribution is -0.143. The molecule has 1 atom stereocenters. The third kappa shape index (κ3) is 6.46. The molecule has 0 radical (unpaired) electrons. The molecule has 0 aliphatic carbocycles. The van der Waals surface area contributed by atoms with Crippen LogP contribution in [0, 0.1) is 0 Å². The van der Waals surface area contributed by atoms with Crippen LogP contribution in [-0.2, 0) is 9.53 Å². The molecule has 2 aromatic carbocycles. The highest BCUT2D eigenvalue weighted by molar-refractivity contribution is 6.36. The first-order valence-electron chi connectivity index (χ1n) is 11.2. The molecule has 2 aromatic rings. The Morgan fingerprint density at radius 3 is 2.54 bits per heavy atom. The molecule has 10 heteroatoms. The molecule has 0 saturated heterocycles. The van der Waals surface area contributed by atoms with E-state index in [0.717, 1.165) is 6.42 Å². The van der Waals surface area contributed by atoms with Crippen LogP contribution in [0.5, 0.6) is 0 Å². The van der Waals surface area contributed by atoms with Gasteiger partial charge in [0.2, 0.25) is 0 Å². The maximum Gasteiger partial charge on any atom is 0.338 e. The van der Waals surface area contributed by atoms with E-state index in [0.29, 0.717) is 44.8 Å². The lowest BCUT2D eigenvalue weighted by atomic mass is 9.94. The van der Waals surface area contributed by atoms with Crippen LogP contribution in [0.1, 0.15) is 45.7 Å². The van der Waals surface area contributed by atoms with Crippen LogP contribution in [0.2, 0.25) is 10.0 Å². The van der Waals surface area contributed by atoms with Crippen molar-refractivity contribution in [3.8, 4) is 0 Å². The van der Waals surface area contributed by atoms with E-state index in [1.54, 1.807) is 62.1 Å². The van der Waals surface area contributed by atoms with Crippen LogP contribution in [0.25, 0.3) is 0 Å². The number of benzene rings is 2. The number of hydrogen-bond donors (Lipinski definition) is 3. The summed E-state index contributed by atoms with van der Waals surface area (Å²) in [6.45, 7) is 7.70. The largest absolute Gasteiger partial charge is 0.459 e. The first-order chi connectivity index (χ1) is 16.6. The number of carbonyl (C=O) groups is 3. The molecule has 1 aliphatic rings. The molecular formula is C25H28Cl2N4O4. The second-order valence-corrected chi connectivity index (χ2v) is 9.16. The second-order valence-electron chi connectivity index (χ2n) is 8.32. The van der Waals surface area contributed by atoms with Gasteiger partial charge >= 0.3 is 18.0 Å². The van der Waals surface area contributed by atoms with E-state index in [1.165, 1.54) is 6.07 Å². The number of urea groups is 2. The standard InChI is InChI=1S/C25H28Cl2N4O4/c1-5-11-31-15(4)21(23(32)35-14(2)3)22(30-25(31)34)16-7-6-8-18(12-16)28-24(33)29-20-10-9-17(26)13-19(20)27/h6-10,12-14,22H,5,11H2,1-4H3,(H,30,34)(H2,28,29,33). The molecule has 0 bridgehead atoms. The third-order valence-electron chi connectivity index (χ3n) is 5.26. The molecule has 4 amide bonds. The SMILES string of the molecule is CCCN1C(=O)NC(c2cccc(NC(=O)Nc3ccc(Cl)cc3Cl)c2)C(C(=O)OC(C)C)=C1C. The first kappa shape index (κ1) is 26.4. The predicted octanol–water partition coefficient (Wildman–Crippen LogP) is 6.34. The summed E-state index contributed by atoms with van der Waals surface area (Å²) in [6, 6.07) is 10.1. The Morgan fingerprint density at radius 1 is 1.14 bits per heavy atom. The number of amides is 4. The van der Waals surface area contributed by atoms with Gasteiger partial charge in [-0.1, -0.05) is 42.3 Å². The number of hydrogen-bond acceptors (Lipinski definition) is 4. The molecule has 35 heavy (non-hydrogen) atoms. The number of ether oxygens (including phenoxy) is 1. The molecule has 0 aromatic heterocycles. The molecular weight excluding hydrogens is 491 g/mol. The van der Waals surface area contributed by atoms with E-state index >= 15 is 0 Å². The maximum absolute atomic E-state index is 13.0. The Labute approximate surface area is 214 Å². The van der Waals surface area contributed by atoms with E-state index in [9.17, 15) is 14.4 Å². The minimum absolute atomic E-state index is 0.302. The monoisotopic (exact) mass is 518 g/mol. The zero-order valence-electron chi connectivity index (χ0n) is 19.9. The van der Waals surface area contributed by atoms with Crippen molar-refractivity contribution in [1.29, 1.82) is 0 Å². The lowest BCUT2D eigenvalue weighted by Crippen LogP contribution is -2.48. The normalized spacial score (nSPS) is 15.7. The van der Waals surface area contributed by atoms with Crippen LogP contribution < -0.4 is 16.0 Å². The topological polar surface area (TPSA) is 99.8 Å². The minimum Gasteiger partial charge on any atom is -0.459 e. The highest BCUT2D eigenvalue weighted by Crippen LogP contribution is 2.33. The number of halogens is 2. The molecule has 3 rings (SSSR count). The van der Waals surface area contributed by atoms with Crippen molar-refractivity contribution in [2.75, 3.05) is 17.2 Å². The van der Waals surface area contributed by atoms with Crippen LogP contribution in [0.3, 0.4) is 0 Å². The predicted molar refractivity (Wildman–Crippen MR) is 138 cm³/mol. The average molecular weight is 519 g/mol. The molecule has 0 fully saturated rings. The van der Waals surface area contributed by atoms with Crippen LogP contribution in [-0.4, -0.2) is 35.6 Å². The summed E-state index contributed by atoms with van der Waals surface area (Å²) >= 11 is 12.0. The molecule has 0 saturated carbocycles. The van der Waals surface area contributed by atoms with Crippen LogP contribution in [0.4, 0.5) is 21.0 Å². The van der Waals surface area contributed by atoms with E-state index in [2.05, 4.69) is 16.0 Å². The van der Waals surface area contributed by atoms with E-state index in [4.69, 9.17) is 27.9 Å². The maximum atomic E-state index is 13.0. The Morgan fingerprint density at radius 2 is 1.89 bits per heavy atom. The van der Waals surface area contributed by atoms with Gasteiger partial charge < -0.3 is 20.7 Å². The third-order valence-corrected chi connectivity index (χ3v) is 5.81. The number of carbonyl (C=O) groups excluding carboxylic acids is 3. The van der Waals surface area contributed by atoms with Gasteiger partial charge in [-0.05, 0) is 63.1 Å². The number of allylic oxidation sites excluding steroid dienone is 1. The Balaban J connectivity index is 1.88. The summed E-state index contributed by atoms with van der Waals surface area (Å²) in [7, 11) is 0. The van der Waals surface area contributed by atoms with Gasteiger partial charge in [-0.3, -0.25) is 4.90 Å². The fraction of sp³-hybridized carbons (Fsp3) is 0.320. The molecule has 8 nitrogen and oxygen atoms in total. The fourth-order valence-electron chi connectivity index (χ4n) is 3.74. The van der Waals surface area contributed by atoms with E-state index < -0.39 is 18.0 Å². The summed E-state index contributed by atoms with van der Waals surface area (Å²) in [5.74, 6) is -0.503. The van der Waals surface area contributed by atoms with Gasteiger partial charge in [0.1, 0.15) is 0 Å². The summed E-state index contributed by atoms with van der Waals surface area (Å²) in [5, 5.41) is 9.07. The van der Waals surface area contributed by atoms with Crippen molar-refractivity contribution in [3.63, 3.8) is 0 Å². The van der Waals surface area contributed by atoms with Crippen molar-refractivity contribution in [3.05, 3.63) is 69.3 Å². The first-order valence-corrected chi connectivity index (χ1v) is 12.0. The molecule has 1 unspecified atom stereocenters. The zero-order valence-corrected chi connectivity index (χ0v) is 21.5. The molecule has 3 N–H and O–H groups in total. The van der Waals surface area contributed by atoms with Gasteiger partial charge in [-0.2, -0.15) is 0 Å². The molecule has 1 aliphatic heterocycles. The van der Waals surface area contributed by atoms with Crippen molar-refractivity contribution >= 4 is 52.6 Å². The molecule has 1 heterocycles. The van der Waals surface area contributed by atoms with Crippen molar-refractivity contribution in [2.45, 2.75) is 46.3 Å². The summed E-state index contributed by atoms with van der Waals surface area (Å²) in [4.78, 5) is 39.9. The number of esters is 1. The number of anilines is 2. The minimum atomic E-state index is -0.739. The van der Waals surface area contributed by atoms with Crippen molar-refractivity contribution in [1.82, 2.24) is 10.2 Å². The zero-order chi connectivity index (χ0) is 25.7. The van der Waals surface area contributed by atoms with Gasteiger partial charge in [0, 0.05) is 23.0 Å². The Hall–Kier alpha value is -3.23. The summed E-state index contributed by atoms with van der Waals surface area (Å²) in [6.07, 6.45) is 0.408. The van der Waals surface area contributed by atoms with E-state index in [1.807, 2.05) is 6.92 Å². The van der Waals surface area contributed by atoms with Crippen molar-refractivity contribution in [2.24, 2.45) is 0 Å². The van der Waals surface area contributed by atoms with Crippen LogP contribution in [0.15, 0.2) is 53.7 Å². The summed E-state index contributed by atoms with van der Waals surface area (Å²) in [5.41, 5.74) is 2.37. The highest BCUT2D eigenvalue weighted by atomic mass is 35.5. The Kier molecular flexibility index (Phi) is 8.64. The Bertz CT molecular complexity index is 1170. The second kappa shape index (κ2) is 11.5. The lowest BCUT2D eigenvalue weighted by Gasteiger charge is -2.35. The number of rotatable bonds is 7. The number of nitrogens with one attached hydrogen (secondary N) is 3. The quantitative estimate of drug-likeness (QED) is 0.372. The van der Waals surface area contributed by atoms with Gasteiger partial charge in [-0.15, -0.1) is 0 Å². The van der Waals surface area contributed by atoms with Gasteiger partial charge in [0.15, 0.2) is 0 Å².